The van der Waals surface area contributed by atoms with Crippen LogP contribution in [-0.2, 0) is 6.54 Å². The number of halogens is 1. The topological polar surface area (TPSA) is 52.7 Å². The van der Waals surface area contributed by atoms with Gasteiger partial charge in [-0.1, -0.05) is 15.9 Å². The van der Waals surface area contributed by atoms with Gasteiger partial charge in [0.1, 0.15) is 0 Å². The molecule has 1 aromatic carbocycles. The van der Waals surface area contributed by atoms with E-state index in [1.54, 1.807) is 0 Å². The number of nitrogen functional groups attached to an aromatic ring is 1. The van der Waals surface area contributed by atoms with E-state index in [0.29, 0.717) is 6.04 Å². The number of aliphatic hydroxyl groups is 1. The Hall–Kier alpha value is -0.620. The van der Waals surface area contributed by atoms with Gasteiger partial charge in [0.2, 0.25) is 0 Å². The van der Waals surface area contributed by atoms with E-state index in [0.717, 1.165) is 36.2 Å². The lowest BCUT2D eigenvalue weighted by Crippen LogP contribution is -2.37. The summed E-state index contributed by atoms with van der Waals surface area (Å²) in [6.07, 6.45) is 0.635. The van der Waals surface area contributed by atoms with Crippen LogP contribution in [0.3, 0.4) is 0 Å². The van der Waals surface area contributed by atoms with Crippen LogP contribution in [0.5, 0.6) is 0 Å². The second kappa shape index (κ2) is 6.22. The lowest BCUT2D eigenvalue weighted by atomic mass is 10.1. The molecule has 4 nitrogen and oxygen atoms in total. The van der Waals surface area contributed by atoms with Crippen LogP contribution in [-0.4, -0.2) is 54.2 Å². The Morgan fingerprint density at radius 2 is 2.16 bits per heavy atom. The number of hydrogen-bond acceptors (Lipinski definition) is 4. The fraction of sp³-hybridized carbons (Fsp3) is 0.571. The number of likely N-dealkylation sites (N-methyl/N-ethyl adjacent to an activating group) is 1. The number of hydrogen-bond donors (Lipinski definition) is 2. The Morgan fingerprint density at radius 1 is 1.42 bits per heavy atom. The molecule has 106 valence electrons. The van der Waals surface area contributed by atoms with Crippen molar-refractivity contribution in [2.75, 3.05) is 32.9 Å². The van der Waals surface area contributed by atoms with Gasteiger partial charge in [-0.25, -0.2) is 0 Å². The van der Waals surface area contributed by atoms with Crippen LogP contribution >= 0.6 is 15.9 Å². The van der Waals surface area contributed by atoms with Crippen molar-refractivity contribution in [3.05, 3.63) is 28.2 Å². The highest BCUT2D eigenvalue weighted by atomic mass is 79.9. The van der Waals surface area contributed by atoms with Gasteiger partial charge in [-0.15, -0.1) is 0 Å². The molecule has 3 N–H and O–H groups in total. The van der Waals surface area contributed by atoms with Gasteiger partial charge < -0.3 is 15.7 Å². The minimum absolute atomic E-state index is 0.213. The van der Waals surface area contributed by atoms with Gasteiger partial charge in [-0.3, -0.25) is 4.90 Å². The van der Waals surface area contributed by atoms with Gasteiger partial charge in [0.15, 0.2) is 0 Å². The molecular formula is C14H22BrN3O. The zero-order valence-corrected chi connectivity index (χ0v) is 13.1. The van der Waals surface area contributed by atoms with Crippen LogP contribution in [0, 0.1) is 0 Å². The fourth-order valence-electron chi connectivity index (χ4n) is 2.76. The number of anilines is 1. The van der Waals surface area contributed by atoms with E-state index in [4.69, 9.17) is 5.73 Å². The molecule has 0 radical (unpaired) electrons. The molecule has 0 spiro atoms. The maximum absolute atomic E-state index is 9.88. The number of rotatable bonds is 4. The average Bonchev–Trinajstić information content (AvgIpc) is 2.56. The molecule has 1 heterocycles. The first-order chi connectivity index (χ1) is 8.94. The molecule has 1 aliphatic heterocycles. The number of nitrogens with two attached hydrogens (primary N) is 1. The molecule has 19 heavy (non-hydrogen) atoms. The molecular weight excluding hydrogens is 306 g/mol. The monoisotopic (exact) mass is 327 g/mol. The molecule has 2 unspecified atom stereocenters. The first-order valence-electron chi connectivity index (χ1n) is 6.56. The van der Waals surface area contributed by atoms with Crippen molar-refractivity contribution in [3.63, 3.8) is 0 Å². The minimum Gasteiger partial charge on any atom is -0.399 e. The summed E-state index contributed by atoms with van der Waals surface area (Å²) >= 11 is 3.47. The lowest BCUT2D eigenvalue weighted by molar-refractivity contribution is 0.169. The Balaban J connectivity index is 2.07. The van der Waals surface area contributed by atoms with E-state index >= 15 is 0 Å². The molecule has 0 aromatic heterocycles. The van der Waals surface area contributed by atoms with E-state index in [2.05, 4.69) is 45.9 Å². The molecule has 5 heteroatoms. The van der Waals surface area contributed by atoms with Crippen LogP contribution in [0.2, 0.25) is 0 Å². The number of likely N-dealkylation sites (tertiary alicyclic amines) is 1. The summed E-state index contributed by atoms with van der Waals surface area (Å²) < 4.78 is 1.01. The van der Waals surface area contributed by atoms with E-state index < -0.39 is 0 Å². The van der Waals surface area contributed by atoms with Crippen molar-refractivity contribution in [1.29, 1.82) is 0 Å². The van der Waals surface area contributed by atoms with Crippen LogP contribution in [0.25, 0.3) is 0 Å². The molecule has 1 fully saturated rings. The summed E-state index contributed by atoms with van der Waals surface area (Å²) in [4.78, 5) is 4.51. The third kappa shape index (κ3) is 4.18. The maximum Gasteiger partial charge on any atom is 0.0682 e. The number of nitrogens with zero attached hydrogens (tertiary/aromatic N) is 2. The number of benzene rings is 1. The highest BCUT2D eigenvalue weighted by Gasteiger charge is 2.30. The van der Waals surface area contributed by atoms with Crippen LogP contribution in [0.4, 0.5) is 5.69 Å². The second-order valence-electron chi connectivity index (χ2n) is 5.63. The van der Waals surface area contributed by atoms with Gasteiger partial charge in [0, 0.05) is 35.8 Å². The molecule has 1 aliphatic rings. The molecule has 2 rings (SSSR count). The van der Waals surface area contributed by atoms with Gasteiger partial charge in [-0.2, -0.15) is 0 Å². The van der Waals surface area contributed by atoms with Crippen LogP contribution in [0.1, 0.15) is 12.0 Å². The fourth-order valence-corrected chi connectivity index (χ4v) is 3.32. The Morgan fingerprint density at radius 3 is 2.79 bits per heavy atom. The largest absolute Gasteiger partial charge is 0.399 e. The first kappa shape index (κ1) is 14.8. The highest BCUT2D eigenvalue weighted by molar-refractivity contribution is 9.10. The SMILES string of the molecule is CN(C)CC1CC(O)CN1Cc1cc(N)cc(Br)c1. The molecule has 0 amide bonds. The molecule has 0 aliphatic carbocycles. The molecule has 1 saturated heterocycles. The summed E-state index contributed by atoms with van der Waals surface area (Å²) in [6.45, 7) is 2.55. The van der Waals surface area contributed by atoms with Gasteiger partial charge in [0.05, 0.1) is 6.10 Å². The van der Waals surface area contributed by atoms with Gasteiger partial charge >= 0.3 is 0 Å². The Labute approximate surface area is 123 Å². The third-order valence-corrected chi connectivity index (χ3v) is 3.91. The maximum atomic E-state index is 9.88. The molecule has 2 atom stereocenters. The van der Waals surface area contributed by atoms with Crippen LogP contribution < -0.4 is 5.73 Å². The quantitative estimate of drug-likeness (QED) is 0.823. The summed E-state index contributed by atoms with van der Waals surface area (Å²) in [5.41, 5.74) is 7.83. The number of aliphatic hydroxyl groups excluding tert-OH is 1. The van der Waals surface area contributed by atoms with Gasteiger partial charge in [-0.05, 0) is 44.3 Å². The summed E-state index contributed by atoms with van der Waals surface area (Å²) in [7, 11) is 4.14. The van der Waals surface area contributed by atoms with Crippen molar-refractivity contribution in [1.82, 2.24) is 9.80 Å². The first-order valence-corrected chi connectivity index (χ1v) is 7.35. The molecule has 0 saturated carbocycles. The molecule has 1 aromatic rings. The Bertz CT molecular complexity index is 418. The normalized spacial score (nSPS) is 24.3. The standard InChI is InChI=1S/C14H22BrN3O/c1-17(2)8-13-6-14(19)9-18(13)7-10-3-11(15)5-12(16)4-10/h3-5,13-14,19H,6-9,16H2,1-2H3. The predicted octanol–water partition coefficient (Wildman–Crippen LogP) is 1.53. The van der Waals surface area contributed by atoms with Crippen molar-refractivity contribution < 1.29 is 5.11 Å². The Kier molecular flexibility index (Phi) is 4.84. The summed E-state index contributed by atoms with van der Waals surface area (Å²) in [5, 5.41) is 9.88. The zero-order chi connectivity index (χ0) is 14.0. The zero-order valence-electron chi connectivity index (χ0n) is 11.5. The number of β-amino-alcohol motifs (C(OH)–C–C–N with tert-alkyl or cyclic N) is 1. The summed E-state index contributed by atoms with van der Waals surface area (Å²) in [6, 6.07) is 6.40. The van der Waals surface area contributed by atoms with E-state index in [1.165, 1.54) is 5.56 Å². The predicted molar refractivity (Wildman–Crippen MR) is 81.9 cm³/mol. The lowest BCUT2D eigenvalue weighted by Gasteiger charge is -2.26. The third-order valence-electron chi connectivity index (χ3n) is 3.45. The minimum atomic E-state index is -0.213. The van der Waals surface area contributed by atoms with Crippen molar-refractivity contribution in [2.45, 2.75) is 25.1 Å². The van der Waals surface area contributed by atoms with E-state index in [1.807, 2.05) is 12.1 Å². The smallest absolute Gasteiger partial charge is 0.0682 e. The molecule has 0 bridgehead atoms. The average molecular weight is 328 g/mol. The van der Waals surface area contributed by atoms with Gasteiger partial charge in [0.25, 0.3) is 0 Å². The van der Waals surface area contributed by atoms with Crippen molar-refractivity contribution in [2.24, 2.45) is 0 Å². The van der Waals surface area contributed by atoms with Crippen molar-refractivity contribution >= 4 is 21.6 Å². The highest BCUT2D eigenvalue weighted by Crippen LogP contribution is 2.24. The van der Waals surface area contributed by atoms with E-state index in [-0.39, 0.29) is 6.10 Å². The second-order valence-corrected chi connectivity index (χ2v) is 6.54. The summed E-state index contributed by atoms with van der Waals surface area (Å²) in [5.74, 6) is 0. The van der Waals surface area contributed by atoms with Crippen molar-refractivity contribution in [3.8, 4) is 0 Å². The van der Waals surface area contributed by atoms with Crippen LogP contribution in [0.15, 0.2) is 22.7 Å². The van der Waals surface area contributed by atoms with E-state index in [9.17, 15) is 5.11 Å².